The lowest BCUT2D eigenvalue weighted by Gasteiger charge is -2.11. The van der Waals surface area contributed by atoms with Gasteiger partial charge in [0.1, 0.15) is 5.82 Å². The van der Waals surface area contributed by atoms with Crippen LogP contribution in [0, 0.1) is 19.7 Å². The van der Waals surface area contributed by atoms with Crippen molar-refractivity contribution in [3.05, 3.63) is 71.2 Å². The number of benzene rings is 2. The Morgan fingerprint density at radius 3 is 2.64 bits per heavy atom. The van der Waals surface area contributed by atoms with Gasteiger partial charge in [-0.05, 0) is 43.7 Å². The molecule has 110 valence electrons. The second-order valence-corrected chi connectivity index (χ2v) is 5.22. The Kier molecular flexibility index (Phi) is 3.59. The van der Waals surface area contributed by atoms with Crippen molar-refractivity contribution >= 4 is 22.5 Å². The summed E-state index contributed by atoms with van der Waals surface area (Å²) in [5, 5.41) is 3.72. The molecule has 0 saturated carbocycles. The molecule has 0 saturated heterocycles. The highest BCUT2D eigenvalue weighted by atomic mass is 19.1. The summed E-state index contributed by atoms with van der Waals surface area (Å²) in [7, 11) is 0. The highest BCUT2D eigenvalue weighted by Crippen LogP contribution is 2.25. The number of pyridine rings is 1. The van der Waals surface area contributed by atoms with E-state index < -0.39 is 11.7 Å². The predicted molar refractivity (Wildman–Crippen MR) is 85.6 cm³/mol. The van der Waals surface area contributed by atoms with Gasteiger partial charge in [0.25, 0.3) is 5.91 Å². The lowest BCUT2D eigenvalue weighted by molar-refractivity contribution is 0.102. The first kappa shape index (κ1) is 14.2. The van der Waals surface area contributed by atoms with Gasteiger partial charge in [-0.2, -0.15) is 0 Å². The minimum absolute atomic E-state index is 0.0175. The summed E-state index contributed by atoms with van der Waals surface area (Å²) >= 11 is 0. The molecule has 0 aliphatic heterocycles. The molecule has 3 rings (SSSR count). The van der Waals surface area contributed by atoms with Crippen molar-refractivity contribution in [1.29, 1.82) is 0 Å². The van der Waals surface area contributed by atoms with Crippen LogP contribution in [-0.4, -0.2) is 10.9 Å². The Balaban J connectivity index is 2.05. The van der Waals surface area contributed by atoms with Gasteiger partial charge in [-0.15, -0.1) is 0 Å². The minimum Gasteiger partial charge on any atom is -0.320 e. The molecule has 1 aromatic heterocycles. The average Bonchev–Trinajstić information content (AvgIpc) is 2.48. The third-order valence-corrected chi connectivity index (χ3v) is 3.54. The van der Waals surface area contributed by atoms with E-state index in [0.29, 0.717) is 11.2 Å². The SMILES string of the molecule is Cc1cc(C)c2cccc(NC(=O)c3ccccc3F)c2n1. The quantitative estimate of drug-likeness (QED) is 0.768. The van der Waals surface area contributed by atoms with Crippen molar-refractivity contribution < 1.29 is 9.18 Å². The second kappa shape index (κ2) is 5.56. The largest absolute Gasteiger partial charge is 0.320 e. The predicted octanol–water partition coefficient (Wildman–Crippen LogP) is 4.24. The molecule has 1 heterocycles. The van der Waals surface area contributed by atoms with Gasteiger partial charge in [-0.3, -0.25) is 9.78 Å². The molecule has 4 heteroatoms. The summed E-state index contributed by atoms with van der Waals surface area (Å²) in [6.07, 6.45) is 0. The van der Waals surface area contributed by atoms with Crippen molar-refractivity contribution in [3.8, 4) is 0 Å². The van der Waals surface area contributed by atoms with Crippen LogP contribution in [0.1, 0.15) is 21.6 Å². The summed E-state index contributed by atoms with van der Waals surface area (Å²) in [5.41, 5.74) is 3.27. The summed E-state index contributed by atoms with van der Waals surface area (Å²) in [6, 6.07) is 13.5. The molecule has 0 spiro atoms. The highest BCUT2D eigenvalue weighted by Gasteiger charge is 2.13. The number of anilines is 1. The van der Waals surface area contributed by atoms with Gasteiger partial charge in [0.2, 0.25) is 0 Å². The summed E-state index contributed by atoms with van der Waals surface area (Å²) in [5.74, 6) is -1.02. The number of hydrogen-bond donors (Lipinski definition) is 1. The minimum atomic E-state index is -0.541. The lowest BCUT2D eigenvalue weighted by atomic mass is 10.1. The number of halogens is 1. The molecule has 2 aromatic carbocycles. The zero-order chi connectivity index (χ0) is 15.7. The molecule has 0 aliphatic rings. The lowest BCUT2D eigenvalue weighted by Crippen LogP contribution is -2.14. The summed E-state index contributed by atoms with van der Waals surface area (Å²) < 4.78 is 13.7. The van der Waals surface area contributed by atoms with Crippen LogP contribution >= 0.6 is 0 Å². The van der Waals surface area contributed by atoms with Gasteiger partial charge >= 0.3 is 0 Å². The fourth-order valence-electron chi connectivity index (χ4n) is 2.52. The molecule has 1 amide bonds. The number of fused-ring (bicyclic) bond motifs is 1. The number of aryl methyl sites for hydroxylation is 2. The number of nitrogens with zero attached hydrogens (tertiary/aromatic N) is 1. The maximum atomic E-state index is 13.7. The van der Waals surface area contributed by atoms with Crippen molar-refractivity contribution in [3.63, 3.8) is 0 Å². The van der Waals surface area contributed by atoms with E-state index in [1.165, 1.54) is 12.1 Å². The first-order valence-corrected chi connectivity index (χ1v) is 6.99. The summed E-state index contributed by atoms with van der Waals surface area (Å²) in [6.45, 7) is 3.90. The van der Waals surface area contributed by atoms with Gasteiger partial charge in [0.15, 0.2) is 0 Å². The number of amides is 1. The van der Waals surface area contributed by atoms with Gasteiger partial charge in [0.05, 0.1) is 16.8 Å². The number of carbonyl (C=O) groups excluding carboxylic acids is 1. The van der Waals surface area contributed by atoms with E-state index in [1.54, 1.807) is 18.2 Å². The molecule has 0 atom stereocenters. The van der Waals surface area contributed by atoms with Crippen LogP contribution in [0.2, 0.25) is 0 Å². The molecular weight excluding hydrogens is 279 g/mol. The summed E-state index contributed by atoms with van der Waals surface area (Å²) in [4.78, 5) is 16.8. The molecule has 0 unspecified atom stereocenters. The van der Waals surface area contributed by atoms with Crippen LogP contribution in [0.4, 0.5) is 10.1 Å². The Labute approximate surface area is 127 Å². The number of rotatable bonds is 2. The van der Waals surface area contributed by atoms with Crippen LogP contribution < -0.4 is 5.32 Å². The first-order valence-electron chi connectivity index (χ1n) is 6.99. The molecule has 0 fully saturated rings. The molecule has 0 radical (unpaired) electrons. The molecule has 1 N–H and O–H groups in total. The van der Waals surface area contributed by atoms with Crippen molar-refractivity contribution in [2.24, 2.45) is 0 Å². The standard InChI is InChI=1S/C18H15FN2O/c1-11-10-12(2)20-17-13(11)7-5-9-16(17)21-18(22)14-6-3-4-8-15(14)19/h3-10H,1-2H3,(H,21,22). The van der Waals surface area contributed by atoms with Crippen LogP contribution in [-0.2, 0) is 0 Å². The van der Waals surface area contributed by atoms with Crippen LogP contribution in [0.25, 0.3) is 10.9 Å². The van der Waals surface area contributed by atoms with E-state index >= 15 is 0 Å². The number of nitrogens with one attached hydrogen (secondary N) is 1. The number of aromatic nitrogens is 1. The molecule has 0 aliphatic carbocycles. The third-order valence-electron chi connectivity index (χ3n) is 3.54. The second-order valence-electron chi connectivity index (χ2n) is 5.22. The molecular formula is C18H15FN2O. The van der Waals surface area contributed by atoms with Gasteiger partial charge in [-0.1, -0.05) is 24.3 Å². The number of carbonyl (C=O) groups is 1. The van der Waals surface area contributed by atoms with E-state index in [-0.39, 0.29) is 5.56 Å². The monoisotopic (exact) mass is 294 g/mol. The molecule has 3 nitrogen and oxygen atoms in total. The van der Waals surface area contributed by atoms with Gasteiger partial charge < -0.3 is 5.32 Å². The van der Waals surface area contributed by atoms with Gasteiger partial charge in [-0.25, -0.2) is 4.39 Å². The van der Waals surface area contributed by atoms with E-state index in [4.69, 9.17) is 0 Å². The zero-order valence-electron chi connectivity index (χ0n) is 12.4. The topological polar surface area (TPSA) is 42.0 Å². The van der Waals surface area contributed by atoms with E-state index in [2.05, 4.69) is 10.3 Å². The Bertz CT molecular complexity index is 874. The molecule has 3 aromatic rings. The van der Waals surface area contributed by atoms with Crippen LogP contribution in [0.15, 0.2) is 48.5 Å². The van der Waals surface area contributed by atoms with Crippen molar-refractivity contribution in [2.75, 3.05) is 5.32 Å². The van der Waals surface area contributed by atoms with Crippen LogP contribution in [0.5, 0.6) is 0 Å². The Hall–Kier alpha value is -2.75. The van der Waals surface area contributed by atoms with Crippen molar-refractivity contribution in [2.45, 2.75) is 13.8 Å². The van der Waals surface area contributed by atoms with Crippen molar-refractivity contribution in [1.82, 2.24) is 4.98 Å². The highest BCUT2D eigenvalue weighted by molar-refractivity contribution is 6.08. The molecule has 22 heavy (non-hydrogen) atoms. The zero-order valence-corrected chi connectivity index (χ0v) is 12.4. The third kappa shape index (κ3) is 2.55. The smallest absolute Gasteiger partial charge is 0.258 e. The van der Waals surface area contributed by atoms with Crippen LogP contribution in [0.3, 0.4) is 0 Å². The first-order chi connectivity index (χ1) is 10.6. The molecule has 0 bridgehead atoms. The maximum absolute atomic E-state index is 13.7. The Morgan fingerprint density at radius 1 is 1.09 bits per heavy atom. The average molecular weight is 294 g/mol. The van der Waals surface area contributed by atoms with Gasteiger partial charge in [0, 0.05) is 11.1 Å². The normalized spacial score (nSPS) is 10.7. The number of hydrogen-bond acceptors (Lipinski definition) is 2. The maximum Gasteiger partial charge on any atom is 0.258 e. The Morgan fingerprint density at radius 2 is 1.86 bits per heavy atom. The fourth-order valence-corrected chi connectivity index (χ4v) is 2.52. The van der Waals surface area contributed by atoms with E-state index in [0.717, 1.165) is 16.6 Å². The fraction of sp³-hybridized carbons (Fsp3) is 0.111. The number of para-hydroxylation sites is 1. The van der Waals surface area contributed by atoms with E-state index in [1.807, 2.05) is 32.0 Å². The van der Waals surface area contributed by atoms with E-state index in [9.17, 15) is 9.18 Å².